The predicted octanol–water partition coefficient (Wildman–Crippen LogP) is 1.86. The van der Waals surface area contributed by atoms with Crippen LogP contribution in [-0.2, 0) is 46.0 Å². The van der Waals surface area contributed by atoms with Gasteiger partial charge in [-0.1, -0.05) is 0 Å². The third kappa shape index (κ3) is 9.50. The molecule has 0 saturated heterocycles. The SMILES string of the molecule is [CH2-][Si](OCC)(OCC)OCC.[CH3-].[Y]. The van der Waals surface area contributed by atoms with Gasteiger partial charge < -0.3 is 20.7 Å². The molecule has 0 saturated carbocycles. The molecule has 1 radical (unpaired) electrons. The fourth-order valence-corrected chi connectivity index (χ4v) is 2.35. The van der Waals surface area contributed by atoms with Gasteiger partial charge in [0.2, 0.25) is 0 Å². The quantitative estimate of drug-likeness (QED) is 0.549. The van der Waals surface area contributed by atoms with Crippen molar-refractivity contribution in [2.75, 3.05) is 19.8 Å². The van der Waals surface area contributed by atoms with Crippen LogP contribution in [0.15, 0.2) is 0 Å². The van der Waals surface area contributed by atoms with Crippen molar-refractivity contribution in [2.45, 2.75) is 20.8 Å². The summed E-state index contributed by atoms with van der Waals surface area (Å²) < 4.78 is 15.9. The fraction of sp³-hybridized carbons (Fsp3) is 0.750. The molecule has 79 valence electrons. The molecule has 0 amide bonds. The van der Waals surface area contributed by atoms with E-state index < -0.39 is 8.80 Å². The molecular weight excluding hydrogens is 261 g/mol. The van der Waals surface area contributed by atoms with Crippen LogP contribution in [0, 0.1) is 14.0 Å². The molecule has 0 aromatic heterocycles. The van der Waals surface area contributed by atoms with Gasteiger partial charge in [0.25, 0.3) is 0 Å². The van der Waals surface area contributed by atoms with Gasteiger partial charge in [-0.25, -0.2) is 0 Å². The van der Waals surface area contributed by atoms with Gasteiger partial charge in [0.15, 0.2) is 0 Å². The van der Waals surface area contributed by atoms with E-state index >= 15 is 0 Å². The van der Waals surface area contributed by atoms with E-state index in [4.69, 9.17) is 13.3 Å². The van der Waals surface area contributed by atoms with Crippen LogP contribution >= 0.6 is 0 Å². The molecule has 0 N–H and O–H groups in total. The van der Waals surface area contributed by atoms with Crippen molar-refractivity contribution in [3.05, 3.63) is 14.0 Å². The van der Waals surface area contributed by atoms with Crippen LogP contribution in [0.4, 0.5) is 0 Å². The van der Waals surface area contributed by atoms with Gasteiger partial charge in [-0.15, -0.1) is 0 Å². The zero-order valence-electron chi connectivity index (χ0n) is 9.13. The summed E-state index contributed by atoms with van der Waals surface area (Å²) in [7, 11) is -2.50. The standard InChI is InChI=1S/C7H17O3Si.CH3.Y/c1-5-8-11(4,9-6-2)10-7-3;;/h4-7H2,1-3H3;1H3;/q2*-1;. The average Bonchev–Trinajstić information content (AvgIpc) is 1.88. The summed E-state index contributed by atoms with van der Waals surface area (Å²) in [5, 5.41) is 0. The molecular formula is C8H20O3SiY-2. The molecule has 0 heterocycles. The van der Waals surface area contributed by atoms with Crippen LogP contribution in [0.25, 0.3) is 0 Å². The first-order chi connectivity index (χ1) is 5.18. The summed E-state index contributed by atoms with van der Waals surface area (Å²) >= 11 is 0. The molecule has 0 unspecified atom stereocenters. The molecule has 0 fully saturated rings. The molecule has 0 rings (SSSR count). The predicted molar refractivity (Wildman–Crippen MR) is 52.4 cm³/mol. The number of rotatable bonds is 6. The van der Waals surface area contributed by atoms with Crippen molar-refractivity contribution in [1.82, 2.24) is 0 Å². The van der Waals surface area contributed by atoms with E-state index in [-0.39, 0.29) is 40.1 Å². The first-order valence-electron chi connectivity index (χ1n) is 3.95. The maximum absolute atomic E-state index is 5.29. The summed E-state index contributed by atoms with van der Waals surface area (Å²) in [5.74, 6) is 0. The Morgan fingerprint density at radius 2 is 1.15 bits per heavy atom. The monoisotopic (exact) mass is 281 g/mol. The van der Waals surface area contributed by atoms with Crippen molar-refractivity contribution in [1.29, 1.82) is 0 Å². The summed E-state index contributed by atoms with van der Waals surface area (Å²) in [5.41, 5.74) is 0. The van der Waals surface area contributed by atoms with E-state index in [1.165, 1.54) is 0 Å². The molecule has 0 aromatic carbocycles. The smallest absolute Gasteiger partial charge is 0.326 e. The Balaban J connectivity index is -0.000000500. The minimum Gasteiger partial charge on any atom is -0.394 e. The Kier molecular flexibility index (Phi) is 17.1. The molecule has 0 aliphatic carbocycles. The molecule has 0 spiro atoms. The van der Waals surface area contributed by atoms with Crippen LogP contribution in [0.3, 0.4) is 0 Å². The van der Waals surface area contributed by atoms with Gasteiger partial charge in [0, 0.05) is 52.5 Å². The van der Waals surface area contributed by atoms with E-state index in [2.05, 4.69) is 6.55 Å². The Bertz CT molecular complexity index is 86.4. The summed E-state index contributed by atoms with van der Waals surface area (Å²) in [6.07, 6.45) is 0. The molecule has 0 bridgehead atoms. The van der Waals surface area contributed by atoms with Gasteiger partial charge >= 0.3 is 8.80 Å². The third-order valence-electron chi connectivity index (χ3n) is 1.09. The van der Waals surface area contributed by atoms with Crippen LogP contribution in [0.1, 0.15) is 20.8 Å². The van der Waals surface area contributed by atoms with Crippen molar-refractivity contribution < 1.29 is 46.0 Å². The average molecular weight is 281 g/mol. The van der Waals surface area contributed by atoms with Crippen molar-refractivity contribution in [3.8, 4) is 0 Å². The van der Waals surface area contributed by atoms with Gasteiger partial charge in [-0.05, 0) is 20.8 Å². The van der Waals surface area contributed by atoms with E-state index in [0.717, 1.165) is 0 Å². The molecule has 0 aliphatic heterocycles. The van der Waals surface area contributed by atoms with E-state index in [1.807, 2.05) is 20.8 Å². The molecule has 13 heavy (non-hydrogen) atoms. The molecule has 0 aliphatic rings. The van der Waals surface area contributed by atoms with Crippen molar-refractivity contribution in [2.24, 2.45) is 0 Å². The fourth-order valence-electron chi connectivity index (χ4n) is 0.785. The minimum atomic E-state index is -2.50. The van der Waals surface area contributed by atoms with Crippen molar-refractivity contribution in [3.63, 3.8) is 0 Å². The van der Waals surface area contributed by atoms with Crippen LogP contribution in [0.5, 0.6) is 0 Å². The number of hydrogen-bond donors (Lipinski definition) is 0. The molecule has 3 nitrogen and oxygen atoms in total. The van der Waals surface area contributed by atoms with Crippen molar-refractivity contribution >= 4 is 8.80 Å². The zero-order valence-corrected chi connectivity index (χ0v) is 13.0. The van der Waals surface area contributed by atoms with E-state index in [0.29, 0.717) is 19.8 Å². The second-order valence-electron chi connectivity index (χ2n) is 1.98. The van der Waals surface area contributed by atoms with Gasteiger partial charge in [-0.3, -0.25) is 6.55 Å². The Morgan fingerprint density at radius 1 is 0.923 bits per heavy atom. The topological polar surface area (TPSA) is 27.7 Å². The minimum absolute atomic E-state index is 0. The Hall–Kier alpha value is 1.20. The van der Waals surface area contributed by atoms with Gasteiger partial charge in [0.1, 0.15) is 0 Å². The normalized spacial score (nSPS) is 10.2. The maximum atomic E-state index is 5.29. The van der Waals surface area contributed by atoms with Gasteiger partial charge in [-0.2, -0.15) is 0 Å². The van der Waals surface area contributed by atoms with Crippen LogP contribution in [0.2, 0.25) is 0 Å². The zero-order chi connectivity index (χ0) is 8.74. The van der Waals surface area contributed by atoms with E-state index in [1.54, 1.807) is 0 Å². The van der Waals surface area contributed by atoms with Crippen LogP contribution < -0.4 is 0 Å². The molecule has 0 atom stereocenters. The third-order valence-corrected chi connectivity index (χ3v) is 3.28. The Morgan fingerprint density at radius 3 is 1.31 bits per heavy atom. The summed E-state index contributed by atoms with van der Waals surface area (Å²) in [6, 6.07) is 0. The molecule has 0 aromatic rings. The maximum Gasteiger partial charge on any atom is 0.326 e. The largest absolute Gasteiger partial charge is 0.394 e. The first kappa shape index (κ1) is 19.7. The molecule has 5 heteroatoms. The number of hydrogen-bond acceptors (Lipinski definition) is 3. The first-order valence-corrected chi connectivity index (χ1v) is 5.89. The second-order valence-corrected chi connectivity index (χ2v) is 4.21. The van der Waals surface area contributed by atoms with Gasteiger partial charge in [0.05, 0.1) is 0 Å². The summed E-state index contributed by atoms with van der Waals surface area (Å²) in [6.45, 7) is 11.3. The van der Waals surface area contributed by atoms with Crippen LogP contribution in [-0.4, -0.2) is 28.6 Å². The Labute approximate surface area is 109 Å². The van der Waals surface area contributed by atoms with E-state index in [9.17, 15) is 0 Å². The summed E-state index contributed by atoms with van der Waals surface area (Å²) in [4.78, 5) is 0. The second kappa shape index (κ2) is 11.3.